The Kier molecular flexibility index (Phi) is 6.25. The largest absolute Gasteiger partial charge is 0.452 e. The van der Waals surface area contributed by atoms with Crippen LogP contribution in [0.4, 0.5) is 4.39 Å². The van der Waals surface area contributed by atoms with E-state index in [1.54, 1.807) is 0 Å². The number of rotatable bonds is 4. The molecule has 1 aromatic carbocycles. The Morgan fingerprint density at radius 2 is 1.96 bits per heavy atom. The highest BCUT2D eigenvalue weighted by molar-refractivity contribution is 6.36. The molecule has 23 heavy (non-hydrogen) atoms. The fourth-order valence-corrected chi connectivity index (χ4v) is 3.13. The zero-order valence-corrected chi connectivity index (χ0v) is 14.2. The molecule has 0 spiro atoms. The first-order chi connectivity index (χ1) is 10.9. The highest BCUT2D eigenvalue weighted by Crippen LogP contribution is 2.25. The molecule has 7 heteroatoms. The van der Waals surface area contributed by atoms with Crippen LogP contribution >= 0.6 is 23.2 Å². The predicted molar refractivity (Wildman–Crippen MR) is 86.3 cm³/mol. The summed E-state index contributed by atoms with van der Waals surface area (Å²) in [5.41, 5.74) is -0.160. The molecule has 1 N–H and O–H groups in total. The molecule has 1 fully saturated rings. The van der Waals surface area contributed by atoms with Crippen molar-refractivity contribution in [2.24, 2.45) is 5.92 Å². The second-order valence-corrected chi connectivity index (χ2v) is 6.57. The van der Waals surface area contributed by atoms with E-state index in [1.807, 2.05) is 0 Å². The summed E-state index contributed by atoms with van der Waals surface area (Å²) in [5.74, 6) is -1.60. The molecule has 0 radical (unpaired) electrons. The number of amides is 1. The summed E-state index contributed by atoms with van der Waals surface area (Å²) in [6.07, 6.45) is 4.25. The normalized spacial score (nSPS) is 20.9. The minimum atomic E-state index is -0.864. The zero-order chi connectivity index (χ0) is 17.0. The van der Waals surface area contributed by atoms with E-state index in [0.29, 0.717) is 5.92 Å². The fourth-order valence-electron chi connectivity index (χ4n) is 2.67. The van der Waals surface area contributed by atoms with Crippen molar-refractivity contribution < 1.29 is 18.7 Å². The maximum absolute atomic E-state index is 13.4. The first-order valence-electron chi connectivity index (χ1n) is 7.49. The molecule has 0 bridgehead atoms. The van der Waals surface area contributed by atoms with Crippen LogP contribution in [0.3, 0.4) is 0 Å². The smallest absolute Gasteiger partial charge is 0.340 e. The van der Waals surface area contributed by atoms with Crippen LogP contribution in [0.2, 0.25) is 10.0 Å². The Morgan fingerprint density at radius 1 is 1.26 bits per heavy atom. The summed E-state index contributed by atoms with van der Waals surface area (Å²) >= 11 is 11.4. The van der Waals surface area contributed by atoms with Gasteiger partial charge < -0.3 is 10.1 Å². The standard InChI is InChI=1S/C16H18Cl2FNO3/c1-9-4-2-3-5-14(9)20-15(21)8-23-16(22)10-6-13(19)12(18)7-11(10)17/h6-7,9,14H,2-5,8H2,1H3,(H,20,21)/t9-,14+/m1/s1. The lowest BCUT2D eigenvalue weighted by Crippen LogP contribution is -2.42. The monoisotopic (exact) mass is 361 g/mol. The number of esters is 1. The molecule has 4 nitrogen and oxygen atoms in total. The molecule has 2 atom stereocenters. The SMILES string of the molecule is C[C@@H]1CCCC[C@@H]1NC(=O)COC(=O)c1cc(F)c(Cl)cc1Cl. The van der Waals surface area contributed by atoms with Crippen LogP contribution in [0.15, 0.2) is 12.1 Å². The highest BCUT2D eigenvalue weighted by Gasteiger charge is 2.23. The molecular formula is C16H18Cl2FNO3. The number of hydrogen-bond acceptors (Lipinski definition) is 3. The van der Waals surface area contributed by atoms with Crippen LogP contribution in [0.1, 0.15) is 43.0 Å². The van der Waals surface area contributed by atoms with Crippen molar-refractivity contribution in [3.8, 4) is 0 Å². The molecule has 2 rings (SSSR count). The van der Waals surface area contributed by atoms with Crippen LogP contribution in [0.5, 0.6) is 0 Å². The van der Waals surface area contributed by atoms with Gasteiger partial charge in [0.2, 0.25) is 0 Å². The van der Waals surface area contributed by atoms with Gasteiger partial charge in [-0.3, -0.25) is 4.79 Å². The van der Waals surface area contributed by atoms with Gasteiger partial charge in [-0.25, -0.2) is 9.18 Å². The van der Waals surface area contributed by atoms with Gasteiger partial charge in [0.05, 0.1) is 15.6 Å². The Balaban J connectivity index is 1.89. The first kappa shape index (κ1) is 18.0. The van der Waals surface area contributed by atoms with E-state index in [2.05, 4.69) is 12.2 Å². The second kappa shape index (κ2) is 7.97. The minimum Gasteiger partial charge on any atom is -0.452 e. The fraction of sp³-hybridized carbons (Fsp3) is 0.500. The number of halogens is 3. The number of ether oxygens (including phenoxy) is 1. The van der Waals surface area contributed by atoms with Gasteiger partial charge in [0.1, 0.15) is 5.82 Å². The molecule has 1 aliphatic carbocycles. The third-order valence-electron chi connectivity index (χ3n) is 4.02. The summed E-state index contributed by atoms with van der Waals surface area (Å²) in [5, 5.41) is 2.66. The van der Waals surface area contributed by atoms with E-state index in [0.717, 1.165) is 31.4 Å². The molecule has 1 saturated carbocycles. The zero-order valence-electron chi connectivity index (χ0n) is 12.7. The predicted octanol–water partition coefficient (Wildman–Crippen LogP) is 3.98. The Hall–Kier alpha value is -1.33. The topological polar surface area (TPSA) is 55.4 Å². The van der Waals surface area contributed by atoms with Crippen molar-refractivity contribution in [3.63, 3.8) is 0 Å². The molecule has 0 heterocycles. The number of nitrogens with one attached hydrogen (secondary N) is 1. The van der Waals surface area contributed by atoms with Gasteiger partial charge in [-0.05, 0) is 30.9 Å². The highest BCUT2D eigenvalue weighted by atomic mass is 35.5. The van der Waals surface area contributed by atoms with E-state index in [4.69, 9.17) is 27.9 Å². The van der Waals surface area contributed by atoms with E-state index in [1.165, 1.54) is 6.42 Å². The summed E-state index contributed by atoms with van der Waals surface area (Å²) < 4.78 is 18.3. The number of hydrogen-bond donors (Lipinski definition) is 1. The van der Waals surface area contributed by atoms with Crippen LogP contribution in [0, 0.1) is 11.7 Å². The molecule has 1 aromatic rings. The molecule has 1 aliphatic rings. The average molecular weight is 362 g/mol. The summed E-state index contributed by atoms with van der Waals surface area (Å²) in [6, 6.07) is 2.12. The molecule has 126 valence electrons. The van der Waals surface area contributed by atoms with Crippen molar-refractivity contribution in [2.75, 3.05) is 6.61 Å². The lowest BCUT2D eigenvalue weighted by Gasteiger charge is -2.29. The summed E-state index contributed by atoms with van der Waals surface area (Å²) in [4.78, 5) is 23.8. The maximum Gasteiger partial charge on any atom is 0.340 e. The number of carbonyl (C=O) groups is 2. The van der Waals surface area contributed by atoms with Crippen LogP contribution in [-0.4, -0.2) is 24.5 Å². The van der Waals surface area contributed by atoms with Crippen molar-refractivity contribution in [1.82, 2.24) is 5.32 Å². The van der Waals surface area contributed by atoms with Gasteiger partial charge in [0.25, 0.3) is 5.91 Å². The Morgan fingerprint density at radius 3 is 2.65 bits per heavy atom. The van der Waals surface area contributed by atoms with Gasteiger partial charge in [0, 0.05) is 6.04 Å². The number of carbonyl (C=O) groups excluding carboxylic acids is 2. The van der Waals surface area contributed by atoms with Crippen molar-refractivity contribution in [1.29, 1.82) is 0 Å². The van der Waals surface area contributed by atoms with Gasteiger partial charge >= 0.3 is 5.97 Å². The number of benzene rings is 1. The van der Waals surface area contributed by atoms with Gasteiger partial charge in [-0.1, -0.05) is 43.0 Å². The summed E-state index contributed by atoms with van der Waals surface area (Å²) in [6.45, 7) is 1.66. The molecular weight excluding hydrogens is 344 g/mol. The van der Waals surface area contributed by atoms with Crippen molar-refractivity contribution >= 4 is 35.1 Å². The van der Waals surface area contributed by atoms with E-state index in [9.17, 15) is 14.0 Å². The molecule has 0 saturated heterocycles. The first-order valence-corrected chi connectivity index (χ1v) is 8.25. The molecule has 0 aromatic heterocycles. The molecule has 1 amide bonds. The molecule has 0 aliphatic heterocycles. The van der Waals surface area contributed by atoms with Gasteiger partial charge in [0.15, 0.2) is 6.61 Å². The minimum absolute atomic E-state index is 0.0253. The van der Waals surface area contributed by atoms with Crippen molar-refractivity contribution in [2.45, 2.75) is 38.6 Å². The Labute approximate surface area is 144 Å². The molecule has 0 unspecified atom stereocenters. The lowest BCUT2D eigenvalue weighted by atomic mass is 9.86. The average Bonchev–Trinajstić information content (AvgIpc) is 2.51. The summed E-state index contributed by atoms with van der Waals surface area (Å²) in [7, 11) is 0. The quantitative estimate of drug-likeness (QED) is 0.651. The van der Waals surface area contributed by atoms with Gasteiger partial charge in [-0.2, -0.15) is 0 Å². The van der Waals surface area contributed by atoms with Crippen LogP contribution < -0.4 is 5.32 Å². The third kappa shape index (κ3) is 4.82. The van der Waals surface area contributed by atoms with Crippen LogP contribution in [-0.2, 0) is 9.53 Å². The van der Waals surface area contributed by atoms with Crippen molar-refractivity contribution in [3.05, 3.63) is 33.6 Å². The third-order valence-corrected chi connectivity index (χ3v) is 4.62. The van der Waals surface area contributed by atoms with E-state index >= 15 is 0 Å². The Bertz CT molecular complexity index is 609. The lowest BCUT2D eigenvalue weighted by molar-refractivity contribution is -0.125. The maximum atomic E-state index is 13.4. The van der Waals surface area contributed by atoms with E-state index < -0.39 is 18.4 Å². The van der Waals surface area contributed by atoms with Gasteiger partial charge in [-0.15, -0.1) is 0 Å². The van der Waals surface area contributed by atoms with E-state index in [-0.39, 0.29) is 27.6 Å². The second-order valence-electron chi connectivity index (χ2n) is 5.76. The van der Waals surface area contributed by atoms with Crippen LogP contribution in [0.25, 0.3) is 0 Å².